The molecule has 3 heterocycles. The molecule has 0 saturated carbocycles. The van der Waals surface area contributed by atoms with E-state index in [1.54, 1.807) is 0 Å². The van der Waals surface area contributed by atoms with Crippen LogP contribution >= 0.6 is 34.0 Å². The predicted molar refractivity (Wildman–Crippen MR) is 201 cm³/mol. The van der Waals surface area contributed by atoms with E-state index in [9.17, 15) is 0 Å². The third-order valence-corrected chi connectivity index (χ3v) is 13.7. The Bertz CT molecular complexity index is 1970. The molecule has 0 bridgehead atoms. The van der Waals surface area contributed by atoms with E-state index in [1.807, 2.05) is 34.0 Å². The zero-order chi connectivity index (χ0) is 31.2. The summed E-state index contributed by atoms with van der Waals surface area (Å²) < 4.78 is 0. The van der Waals surface area contributed by atoms with Crippen molar-refractivity contribution in [2.24, 2.45) is 0 Å². The van der Waals surface area contributed by atoms with Gasteiger partial charge in [0.1, 0.15) is 0 Å². The van der Waals surface area contributed by atoms with Crippen molar-refractivity contribution in [2.75, 3.05) is 0 Å². The highest BCUT2D eigenvalue weighted by Gasteiger charge is 2.19. The molecule has 0 amide bonds. The maximum Gasteiger partial charge on any atom is 0.0381 e. The average molecular weight is 637 g/mol. The SMILES string of the molecule is Cc1c(-c2ccccc2)sc(-c2ccc(-c3sc(-c4ccc(-c5sc(-c6ccccc6)c(C)c5C)cc4)c(C)c3C)cc2)c1C. The molecule has 222 valence electrons. The van der Waals surface area contributed by atoms with Gasteiger partial charge in [0.25, 0.3) is 0 Å². The molecule has 0 nitrogen and oxygen atoms in total. The molecule has 0 radical (unpaired) electrons. The maximum absolute atomic E-state index is 2.31. The minimum atomic E-state index is 1.29. The van der Waals surface area contributed by atoms with Crippen molar-refractivity contribution in [1.29, 1.82) is 0 Å². The van der Waals surface area contributed by atoms with Gasteiger partial charge in [0.15, 0.2) is 0 Å². The summed E-state index contributed by atoms with van der Waals surface area (Å²) in [6.45, 7) is 13.6. The number of hydrogen-bond donors (Lipinski definition) is 0. The van der Waals surface area contributed by atoms with E-state index >= 15 is 0 Å². The lowest BCUT2D eigenvalue weighted by Crippen LogP contribution is -1.82. The highest BCUT2D eigenvalue weighted by molar-refractivity contribution is 7.20. The summed E-state index contributed by atoms with van der Waals surface area (Å²) in [5, 5.41) is 0. The molecular formula is C42H36S3. The van der Waals surface area contributed by atoms with Crippen LogP contribution < -0.4 is 0 Å². The summed E-state index contributed by atoms with van der Waals surface area (Å²) in [6, 6.07) is 40.0. The van der Waals surface area contributed by atoms with Gasteiger partial charge in [-0.25, -0.2) is 0 Å². The average Bonchev–Trinajstić information content (AvgIpc) is 3.67. The standard InChI is InChI=1S/C42H36S3/c1-25-27(3)39(43-37(25)31-13-9-7-10-14-31)33-17-21-35(22-18-33)41-29(5)30(6)42(45-41)36-23-19-34(20-24-36)40-28(4)26(2)38(44-40)32-15-11-8-12-16-32/h7-24H,1-6H3. The van der Waals surface area contributed by atoms with Crippen LogP contribution in [0.15, 0.2) is 109 Å². The van der Waals surface area contributed by atoms with Crippen molar-refractivity contribution in [3.8, 4) is 62.6 Å². The van der Waals surface area contributed by atoms with Gasteiger partial charge in [0, 0.05) is 29.3 Å². The van der Waals surface area contributed by atoms with Crippen molar-refractivity contribution in [2.45, 2.75) is 41.5 Å². The van der Waals surface area contributed by atoms with Gasteiger partial charge in [-0.2, -0.15) is 0 Å². The van der Waals surface area contributed by atoms with E-state index < -0.39 is 0 Å². The Balaban J connectivity index is 1.17. The van der Waals surface area contributed by atoms with Crippen LogP contribution in [-0.2, 0) is 0 Å². The first-order valence-corrected chi connectivity index (χ1v) is 17.9. The van der Waals surface area contributed by atoms with Crippen molar-refractivity contribution < 1.29 is 0 Å². The fraction of sp³-hybridized carbons (Fsp3) is 0.143. The van der Waals surface area contributed by atoms with Crippen LogP contribution in [-0.4, -0.2) is 0 Å². The first kappa shape index (κ1) is 29.7. The fourth-order valence-corrected chi connectivity index (χ4v) is 10.1. The normalized spacial score (nSPS) is 11.3. The molecule has 3 aromatic heterocycles. The monoisotopic (exact) mass is 636 g/mol. The van der Waals surface area contributed by atoms with E-state index in [-0.39, 0.29) is 0 Å². The van der Waals surface area contributed by atoms with Crippen LogP contribution in [0.5, 0.6) is 0 Å². The van der Waals surface area contributed by atoms with Crippen LogP contribution in [0.4, 0.5) is 0 Å². The predicted octanol–water partition coefficient (Wildman–Crippen LogP) is 13.7. The maximum atomic E-state index is 2.31. The number of thiophene rings is 3. The Kier molecular flexibility index (Phi) is 7.95. The van der Waals surface area contributed by atoms with Gasteiger partial charge in [-0.1, -0.05) is 109 Å². The second-order valence-corrected chi connectivity index (χ2v) is 15.0. The second-order valence-electron chi connectivity index (χ2n) is 11.9. The second kappa shape index (κ2) is 12.1. The smallest absolute Gasteiger partial charge is 0.0381 e. The fourth-order valence-electron chi connectivity index (χ4n) is 6.16. The van der Waals surface area contributed by atoms with Crippen molar-refractivity contribution in [1.82, 2.24) is 0 Å². The van der Waals surface area contributed by atoms with E-state index in [2.05, 4.69) is 151 Å². The summed E-state index contributed by atoms with van der Waals surface area (Å²) >= 11 is 5.73. The third-order valence-electron chi connectivity index (χ3n) is 9.23. The molecule has 0 aliphatic carbocycles. The van der Waals surface area contributed by atoms with E-state index in [4.69, 9.17) is 0 Å². The molecule has 0 saturated heterocycles. The van der Waals surface area contributed by atoms with Crippen molar-refractivity contribution in [3.63, 3.8) is 0 Å². The molecule has 3 heteroatoms. The van der Waals surface area contributed by atoms with Crippen LogP contribution in [0.1, 0.15) is 33.4 Å². The topological polar surface area (TPSA) is 0 Å². The summed E-state index contributed by atoms with van der Waals surface area (Å²) in [5.74, 6) is 0. The van der Waals surface area contributed by atoms with Crippen LogP contribution in [0.25, 0.3) is 62.6 Å². The third kappa shape index (κ3) is 5.33. The van der Waals surface area contributed by atoms with Gasteiger partial charge in [-0.05, 0) is 108 Å². The number of benzene rings is 4. The summed E-state index contributed by atoms with van der Waals surface area (Å²) in [4.78, 5) is 8.19. The van der Waals surface area contributed by atoms with E-state index in [0.29, 0.717) is 0 Å². The largest absolute Gasteiger partial charge is 0.135 e. The molecule has 0 aliphatic heterocycles. The highest BCUT2D eigenvalue weighted by atomic mass is 32.1. The Morgan fingerprint density at radius 2 is 0.422 bits per heavy atom. The molecular weight excluding hydrogens is 601 g/mol. The minimum Gasteiger partial charge on any atom is -0.135 e. The molecule has 45 heavy (non-hydrogen) atoms. The molecule has 0 atom stereocenters. The zero-order valence-corrected chi connectivity index (χ0v) is 29.1. The Labute approximate surface area is 279 Å². The van der Waals surface area contributed by atoms with Gasteiger partial charge in [-0.3, -0.25) is 0 Å². The lowest BCUT2D eigenvalue weighted by Gasteiger charge is -2.04. The zero-order valence-electron chi connectivity index (χ0n) is 26.6. The van der Waals surface area contributed by atoms with E-state index in [0.717, 1.165) is 0 Å². The van der Waals surface area contributed by atoms with Crippen LogP contribution in [0, 0.1) is 41.5 Å². The van der Waals surface area contributed by atoms with E-state index in [1.165, 1.54) is 96.0 Å². The Hall–Kier alpha value is -4.02. The Morgan fingerprint density at radius 3 is 0.622 bits per heavy atom. The highest BCUT2D eigenvalue weighted by Crippen LogP contribution is 2.46. The quantitative estimate of drug-likeness (QED) is 0.170. The molecule has 0 unspecified atom stereocenters. The molecule has 0 fully saturated rings. The first-order chi connectivity index (χ1) is 21.8. The Morgan fingerprint density at radius 1 is 0.244 bits per heavy atom. The molecule has 4 aromatic carbocycles. The minimum absolute atomic E-state index is 1.29. The van der Waals surface area contributed by atoms with Gasteiger partial charge in [0.2, 0.25) is 0 Å². The van der Waals surface area contributed by atoms with Gasteiger partial charge >= 0.3 is 0 Å². The first-order valence-electron chi connectivity index (χ1n) is 15.4. The van der Waals surface area contributed by atoms with Gasteiger partial charge in [0.05, 0.1) is 0 Å². The summed E-state index contributed by atoms with van der Waals surface area (Å²) in [5.41, 5.74) is 16.0. The molecule has 7 rings (SSSR count). The molecule has 0 spiro atoms. The van der Waals surface area contributed by atoms with Crippen molar-refractivity contribution in [3.05, 3.63) is 143 Å². The van der Waals surface area contributed by atoms with Crippen LogP contribution in [0.3, 0.4) is 0 Å². The van der Waals surface area contributed by atoms with Gasteiger partial charge in [-0.15, -0.1) is 34.0 Å². The molecule has 0 aliphatic rings. The number of rotatable bonds is 6. The van der Waals surface area contributed by atoms with Crippen molar-refractivity contribution >= 4 is 34.0 Å². The molecule has 7 aromatic rings. The molecule has 0 N–H and O–H groups in total. The summed E-state index contributed by atoms with van der Waals surface area (Å²) in [6.07, 6.45) is 0. The van der Waals surface area contributed by atoms with Crippen LogP contribution in [0.2, 0.25) is 0 Å². The van der Waals surface area contributed by atoms with Gasteiger partial charge < -0.3 is 0 Å². The summed E-state index contributed by atoms with van der Waals surface area (Å²) in [7, 11) is 0. The lowest BCUT2D eigenvalue weighted by atomic mass is 10.00. The lowest BCUT2D eigenvalue weighted by molar-refractivity contribution is 1.39. The number of hydrogen-bond acceptors (Lipinski definition) is 3.